The number of aryl methyl sites for hydroxylation is 2. The lowest BCUT2D eigenvalue weighted by Crippen LogP contribution is -2.27. The van der Waals surface area contributed by atoms with E-state index in [1.54, 1.807) is 0 Å². The largest absolute Gasteiger partial charge is 0.319 e. The summed E-state index contributed by atoms with van der Waals surface area (Å²) in [5.74, 6) is 0. The van der Waals surface area contributed by atoms with E-state index >= 15 is 0 Å². The molecule has 1 nitrogen and oxygen atoms in total. The summed E-state index contributed by atoms with van der Waals surface area (Å²) in [7, 11) is 2.02. The maximum absolute atomic E-state index is 3.54. The van der Waals surface area contributed by atoms with Gasteiger partial charge >= 0.3 is 0 Å². The highest BCUT2D eigenvalue weighted by Crippen LogP contribution is 2.30. The molecule has 0 aliphatic carbocycles. The molecule has 0 aliphatic heterocycles. The van der Waals surface area contributed by atoms with Gasteiger partial charge in [0.15, 0.2) is 0 Å². The topological polar surface area (TPSA) is 12.0 Å². The van der Waals surface area contributed by atoms with Gasteiger partial charge in [-0.1, -0.05) is 13.8 Å². The van der Waals surface area contributed by atoms with E-state index in [1.165, 1.54) is 27.1 Å². The number of thiophene rings is 1. The Morgan fingerprint density at radius 3 is 2.60 bits per heavy atom. The van der Waals surface area contributed by atoms with E-state index in [-0.39, 0.29) is 0 Å². The maximum atomic E-state index is 3.54. The van der Waals surface area contributed by atoms with E-state index in [9.17, 15) is 0 Å². The summed E-state index contributed by atoms with van der Waals surface area (Å²) in [6.07, 6.45) is 2.42. The highest BCUT2D eigenvalue weighted by atomic mass is 79.9. The minimum atomic E-state index is 0.385. The van der Waals surface area contributed by atoms with Gasteiger partial charge in [0.05, 0.1) is 3.79 Å². The van der Waals surface area contributed by atoms with Gasteiger partial charge in [0, 0.05) is 4.88 Å². The van der Waals surface area contributed by atoms with Crippen molar-refractivity contribution in [2.45, 2.75) is 33.6 Å². The summed E-state index contributed by atoms with van der Waals surface area (Å²) < 4.78 is 1.25. The molecule has 0 unspecified atom stereocenters. The monoisotopic (exact) mass is 289 g/mol. The van der Waals surface area contributed by atoms with Crippen molar-refractivity contribution in [3.8, 4) is 0 Å². The smallest absolute Gasteiger partial charge is 0.0704 e. The van der Waals surface area contributed by atoms with Crippen LogP contribution in [0.2, 0.25) is 0 Å². The minimum Gasteiger partial charge on any atom is -0.319 e. The molecular weight excluding hydrogens is 270 g/mol. The van der Waals surface area contributed by atoms with Crippen LogP contribution in [0.5, 0.6) is 0 Å². The zero-order valence-corrected chi connectivity index (χ0v) is 12.4. The first-order valence-corrected chi connectivity index (χ1v) is 6.95. The van der Waals surface area contributed by atoms with Crippen LogP contribution < -0.4 is 5.32 Å². The van der Waals surface area contributed by atoms with E-state index in [1.807, 2.05) is 18.4 Å². The number of hydrogen-bond acceptors (Lipinski definition) is 2. The fourth-order valence-corrected chi connectivity index (χ4v) is 3.56. The Morgan fingerprint density at radius 1 is 1.47 bits per heavy atom. The standard InChI is InChI=1S/C12H20BrNS/c1-9-10(7-11(13)15-9)5-6-12(2,3)8-14-4/h7,14H,5-6,8H2,1-4H3. The van der Waals surface area contributed by atoms with Gasteiger partial charge in [0.25, 0.3) is 0 Å². The summed E-state index contributed by atoms with van der Waals surface area (Å²) in [4.78, 5) is 1.45. The lowest BCUT2D eigenvalue weighted by atomic mass is 9.86. The van der Waals surface area contributed by atoms with E-state index in [0.717, 1.165) is 6.54 Å². The molecule has 0 radical (unpaired) electrons. The third-order valence-electron chi connectivity index (χ3n) is 2.72. The normalized spacial score (nSPS) is 12.1. The Morgan fingerprint density at radius 2 is 2.13 bits per heavy atom. The first-order chi connectivity index (χ1) is 6.94. The molecule has 1 aromatic rings. The van der Waals surface area contributed by atoms with Crippen LogP contribution in [-0.4, -0.2) is 13.6 Å². The Bertz CT molecular complexity index is 317. The highest BCUT2D eigenvalue weighted by Gasteiger charge is 2.17. The summed E-state index contributed by atoms with van der Waals surface area (Å²) >= 11 is 5.37. The average Bonchev–Trinajstić information content (AvgIpc) is 2.42. The van der Waals surface area contributed by atoms with E-state index < -0.39 is 0 Å². The molecule has 0 aromatic carbocycles. The second kappa shape index (κ2) is 5.46. The molecule has 1 heterocycles. The van der Waals surface area contributed by atoms with Crippen LogP contribution in [0, 0.1) is 12.3 Å². The fourth-order valence-electron chi connectivity index (χ4n) is 1.77. The third kappa shape index (κ3) is 4.25. The van der Waals surface area contributed by atoms with Gasteiger partial charge in [0.2, 0.25) is 0 Å². The first-order valence-electron chi connectivity index (χ1n) is 5.34. The van der Waals surface area contributed by atoms with Gasteiger partial charge in [-0.2, -0.15) is 0 Å². The number of nitrogens with one attached hydrogen (secondary N) is 1. The molecule has 0 bridgehead atoms. The van der Waals surface area contributed by atoms with Gasteiger partial charge in [-0.3, -0.25) is 0 Å². The number of rotatable bonds is 5. The molecule has 3 heteroatoms. The van der Waals surface area contributed by atoms with Crippen LogP contribution in [0.15, 0.2) is 9.85 Å². The maximum Gasteiger partial charge on any atom is 0.0704 e. The molecule has 1 N–H and O–H groups in total. The van der Waals surface area contributed by atoms with Crippen molar-refractivity contribution in [2.75, 3.05) is 13.6 Å². The second-order valence-electron chi connectivity index (χ2n) is 4.83. The van der Waals surface area contributed by atoms with Crippen molar-refractivity contribution >= 4 is 27.3 Å². The van der Waals surface area contributed by atoms with Crippen LogP contribution in [0.25, 0.3) is 0 Å². The Kier molecular flexibility index (Phi) is 4.81. The van der Waals surface area contributed by atoms with E-state index in [0.29, 0.717) is 5.41 Å². The third-order valence-corrected chi connectivity index (χ3v) is 4.31. The molecule has 0 spiro atoms. The molecule has 15 heavy (non-hydrogen) atoms. The van der Waals surface area contributed by atoms with Gasteiger partial charge in [-0.05, 0) is 66.3 Å². The quantitative estimate of drug-likeness (QED) is 0.864. The highest BCUT2D eigenvalue weighted by molar-refractivity contribution is 9.11. The summed E-state index contributed by atoms with van der Waals surface area (Å²) in [5.41, 5.74) is 1.88. The SMILES string of the molecule is CNCC(C)(C)CCc1cc(Br)sc1C. The molecule has 0 saturated heterocycles. The molecule has 86 valence electrons. The van der Waals surface area contributed by atoms with Crippen molar-refractivity contribution in [2.24, 2.45) is 5.41 Å². The summed E-state index contributed by atoms with van der Waals surface area (Å²) in [6, 6.07) is 2.26. The molecule has 0 aliphatic rings. The summed E-state index contributed by atoms with van der Waals surface area (Å²) in [5, 5.41) is 3.26. The van der Waals surface area contributed by atoms with Gasteiger partial charge < -0.3 is 5.32 Å². The predicted octanol–water partition coefficient (Wildman–Crippen LogP) is 4.00. The zero-order chi connectivity index (χ0) is 11.5. The fraction of sp³-hybridized carbons (Fsp3) is 0.667. The number of hydrogen-bond donors (Lipinski definition) is 1. The van der Waals surface area contributed by atoms with Crippen LogP contribution in [-0.2, 0) is 6.42 Å². The first kappa shape index (κ1) is 13.2. The van der Waals surface area contributed by atoms with Crippen molar-refractivity contribution in [1.29, 1.82) is 0 Å². The van der Waals surface area contributed by atoms with Gasteiger partial charge in [-0.15, -0.1) is 11.3 Å². The lowest BCUT2D eigenvalue weighted by Gasteiger charge is -2.24. The van der Waals surface area contributed by atoms with Crippen molar-refractivity contribution < 1.29 is 0 Å². The van der Waals surface area contributed by atoms with Crippen LogP contribution in [0.4, 0.5) is 0 Å². The molecule has 0 atom stereocenters. The average molecular weight is 290 g/mol. The molecule has 0 saturated carbocycles. The molecule has 0 amide bonds. The van der Waals surface area contributed by atoms with Crippen molar-refractivity contribution in [1.82, 2.24) is 5.32 Å². The van der Waals surface area contributed by atoms with Crippen LogP contribution >= 0.6 is 27.3 Å². The summed E-state index contributed by atoms with van der Waals surface area (Å²) in [6.45, 7) is 7.92. The van der Waals surface area contributed by atoms with Gasteiger partial charge in [0.1, 0.15) is 0 Å². The Balaban J connectivity index is 2.53. The van der Waals surface area contributed by atoms with Crippen LogP contribution in [0.1, 0.15) is 30.7 Å². The second-order valence-corrected chi connectivity index (χ2v) is 7.46. The minimum absolute atomic E-state index is 0.385. The van der Waals surface area contributed by atoms with E-state index in [2.05, 4.69) is 48.1 Å². The lowest BCUT2D eigenvalue weighted by molar-refractivity contribution is 0.324. The number of halogens is 1. The molecule has 0 fully saturated rings. The Labute approximate surface area is 105 Å². The van der Waals surface area contributed by atoms with Gasteiger partial charge in [-0.25, -0.2) is 0 Å². The Hall–Kier alpha value is 0.140. The molecular formula is C12H20BrNS. The van der Waals surface area contributed by atoms with E-state index in [4.69, 9.17) is 0 Å². The van der Waals surface area contributed by atoms with Crippen molar-refractivity contribution in [3.05, 3.63) is 20.3 Å². The molecule has 1 rings (SSSR count). The predicted molar refractivity (Wildman–Crippen MR) is 72.8 cm³/mol. The molecule has 1 aromatic heterocycles. The van der Waals surface area contributed by atoms with Crippen molar-refractivity contribution in [3.63, 3.8) is 0 Å². The van der Waals surface area contributed by atoms with Crippen LogP contribution in [0.3, 0.4) is 0 Å². The zero-order valence-electron chi connectivity index (χ0n) is 9.98.